The Hall–Kier alpha value is -12.0. The van der Waals surface area contributed by atoms with Crippen molar-refractivity contribution in [2.75, 3.05) is 56.6 Å². The summed E-state index contributed by atoms with van der Waals surface area (Å²) < 4.78 is 15.9. The highest BCUT2D eigenvalue weighted by Gasteiger charge is 2.31. The molecule has 3 amide bonds. The molecule has 0 aliphatic carbocycles. The number of ether oxygens (including phenoxy) is 3. The molecule has 0 fully saturated rings. The number of methoxy groups -OCH3 is 3. The topological polar surface area (TPSA) is 306 Å². The van der Waals surface area contributed by atoms with E-state index in [0.29, 0.717) is 59.5 Å². The second-order valence-corrected chi connectivity index (χ2v) is 28.1. The van der Waals surface area contributed by atoms with Gasteiger partial charge in [0.05, 0.1) is 60.2 Å². The third kappa shape index (κ3) is 24.8. The van der Waals surface area contributed by atoms with Crippen LogP contribution in [0.2, 0.25) is 0 Å². The molecular weight excluding hydrogens is 1360 g/mol. The standard InChI is InChI=1S/C31H37N3O3.C30H35N3O3.C27H30N4O4/c1-21(32)27-11-7-9-23(17-27)19-29(31(36)37-6)22(2)33-30(35)26-15-13-25(14-16-26)28-12-8-10-24(18-28)20-34(3,4)5;1-20(31)26-10-6-8-22(16-26)18-28(30(35)36-5)21(2)32-29(34)25-14-12-24(13-15-25)27-11-7-9-23(17-27)19-33(3)4;1-17(24(27(33)35-2)15-18-5-3-8-23(13-18)25(29)31-34)30-26(32)21-11-9-20(10-12-21)22-7-4-6-19(14-22)16-28/h7-18,22,29H,1,19-20,32H2,2-6H3;6-17,21,28H,1,18-19,31H2,2-5H3,(H,32,34);3-14,17,24,34H,15-16,28H2,1-2H3,(H2,29,31)(H,30,32)/p+1. The van der Waals surface area contributed by atoms with Gasteiger partial charge in [-0.1, -0.05) is 164 Å². The van der Waals surface area contributed by atoms with E-state index >= 15 is 0 Å². The highest BCUT2D eigenvalue weighted by atomic mass is 16.5. The SMILES string of the molecule is C=C(N)c1cccc(CC(C(=O)OC)C(C)NC(=O)c2ccc(-c3cccc(CN(C)C)c3)cc2)c1.C=C(N)c1cccc(CC(C(=O)OC)C(C)NC(=O)c2ccc(-c3cccc(C[N+](C)(C)C)c3)cc2)c1.COC(=O)C(Cc1cccc(/C(N)=N\O)c1)C(C)NC(=O)c1ccc(-c2cccc(CN)c2)cc1. The predicted octanol–water partition coefficient (Wildman–Crippen LogP) is 12.2. The molecule has 0 radical (unpaired) electrons. The van der Waals surface area contributed by atoms with E-state index in [1.165, 1.54) is 32.5 Å². The molecule has 9 rings (SSSR count). The van der Waals surface area contributed by atoms with Gasteiger partial charge in [-0.2, -0.15) is 0 Å². The van der Waals surface area contributed by atoms with Crippen molar-refractivity contribution in [1.82, 2.24) is 20.9 Å². The van der Waals surface area contributed by atoms with Crippen molar-refractivity contribution in [2.24, 2.45) is 45.8 Å². The Balaban J connectivity index is 0.000000226. The van der Waals surface area contributed by atoms with Crippen LogP contribution in [-0.2, 0) is 67.5 Å². The molecule has 0 heterocycles. The number of benzene rings is 9. The van der Waals surface area contributed by atoms with Crippen LogP contribution in [0.25, 0.3) is 44.8 Å². The quantitative estimate of drug-likeness (QED) is 0.00411. The van der Waals surface area contributed by atoms with Gasteiger partial charge in [-0.15, -0.1) is 0 Å². The molecule has 20 heteroatoms. The molecular formula is C88H103N10O10+. The lowest BCUT2D eigenvalue weighted by Gasteiger charge is -2.24. The molecule has 12 N–H and O–H groups in total. The minimum absolute atomic E-state index is 0.0268. The number of carbonyl (C=O) groups excluding carboxylic acids is 6. The Labute approximate surface area is 635 Å². The maximum absolute atomic E-state index is 13.0. The number of nitrogens with one attached hydrogen (secondary N) is 3. The van der Waals surface area contributed by atoms with Gasteiger partial charge in [-0.05, 0) is 199 Å². The van der Waals surface area contributed by atoms with Crippen molar-refractivity contribution in [3.05, 3.63) is 298 Å². The summed E-state index contributed by atoms with van der Waals surface area (Å²) >= 11 is 0. The lowest BCUT2D eigenvalue weighted by atomic mass is 9.91. The summed E-state index contributed by atoms with van der Waals surface area (Å²) in [6.45, 7) is 15.2. The number of amidine groups is 1. The third-order valence-electron chi connectivity index (χ3n) is 18.3. The molecule has 0 bridgehead atoms. The molecule has 108 heavy (non-hydrogen) atoms. The van der Waals surface area contributed by atoms with Gasteiger partial charge < -0.3 is 67.7 Å². The third-order valence-corrected chi connectivity index (χ3v) is 18.3. The van der Waals surface area contributed by atoms with E-state index in [-0.39, 0.29) is 35.5 Å². The van der Waals surface area contributed by atoms with Crippen molar-refractivity contribution in [3.63, 3.8) is 0 Å². The zero-order chi connectivity index (χ0) is 78.8. The van der Waals surface area contributed by atoms with Crippen molar-refractivity contribution < 1.29 is 52.7 Å². The highest BCUT2D eigenvalue weighted by molar-refractivity contribution is 5.98. The lowest BCUT2D eigenvalue weighted by Crippen LogP contribution is -2.42. The van der Waals surface area contributed by atoms with Crippen LogP contribution in [-0.4, -0.2) is 131 Å². The summed E-state index contributed by atoms with van der Waals surface area (Å²) in [5, 5.41) is 20.8. The molecule has 0 saturated heterocycles. The van der Waals surface area contributed by atoms with E-state index in [1.807, 2.05) is 161 Å². The number of hydrogen-bond acceptors (Lipinski definition) is 15. The molecule has 0 aliphatic heterocycles. The summed E-state index contributed by atoms with van der Waals surface area (Å²) in [6, 6.07) is 67.8. The van der Waals surface area contributed by atoms with Crippen LogP contribution >= 0.6 is 0 Å². The van der Waals surface area contributed by atoms with Gasteiger partial charge in [0, 0.05) is 70.4 Å². The first-order valence-electron chi connectivity index (χ1n) is 35.5. The smallest absolute Gasteiger partial charge is 0.311 e. The van der Waals surface area contributed by atoms with Gasteiger partial charge in [-0.3, -0.25) is 28.8 Å². The van der Waals surface area contributed by atoms with Crippen molar-refractivity contribution in [1.29, 1.82) is 0 Å². The van der Waals surface area contributed by atoms with Crippen LogP contribution in [0.3, 0.4) is 0 Å². The number of nitrogens with two attached hydrogens (primary N) is 4. The average molecular weight is 1460 g/mol. The first-order valence-corrected chi connectivity index (χ1v) is 35.5. The van der Waals surface area contributed by atoms with Gasteiger partial charge in [0.2, 0.25) is 0 Å². The fourth-order valence-corrected chi connectivity index (χ4v) is 12.4. The van der Waals surface area contributed by atoms with E-state index in [4.69, 9.17) is 42.4 Å². The van der Waals surface area contributed by atoms with Crippen LogP contribution in [0.5, 0.6) is 0 Å². The van der Waals surface area contributed by atoms with Crippen LogP contribution in [0.4, 0.5) is 0 Å². The largest absolute Gasteiger partial charge is 0.469 e. The maximum Gasteiger partial charge on any atom is 0.311 e. The van der Waals surface area contributed by atoms with Gasteiger partial charge in [-0.25, -0.2) is 0 Å². The number of carbonyl (C=O) groups is 6. The minimum atomic E-state index is -0.634. The summed E-state index contributed by atoms with van der Waals surface area (Å²) in [5.74, 6) is -3.75. The number of oxime groups is 1. The number of rotatable bonds is 29. The molecule has 20 nitrogen and oxygen atoms in total. The average Bonchev–Trinajstić information content (AvgIpc) is 0.844. The Morgan fingerprint density at radius 1 is 0.417 bits per heavy atom. The van der Waals surface area contributed by atoms with Gasteiger partial charge in [0.15, 0.2) is 5.84 Å². The van der Waals surface area contributed by atoms with Crippen LogP contribution in [0, 0.1) is 17.8 Å². The Morgan fingerprint density at radius 2 is 0.713 bits per heavy atom. The van der Waals surface area contributed by atoms with E-state index in [1.54, 1.807) is 49.4 Å². The monoisotopic (exact) mass is 1460 g/mol. The number of hydrogen-bond donors (Lipinski definition) is 8. The fourth-order valence-electron chi connectivity index (χ4n) is 12.4. The van der Waals surface area contributed by atoms with Gasteiger partial charge >= 0.3 is 17.9 Å². The van der Waals surface area contributed by atoms with Crippen LogP contribution in [0.15, 0.2) is 237 Å². The number of esters is 3. The summed E-state index contributed by atoms with van der Waals surface area (Å²) in [4.78, 5) is 78.8. The molecule has 0 saturated carbocycles. The molecule has 6 atom stereocenters. The van der Waals surface area contributed by atoms with Crippen molar-refractivity contribution in [3.8, 4) is 33.4 Å². The Bertz CT molecular complexity index is 4610. The van der Waals surface area contributed by atoms with E-state index in [9.17, 15) is 28.8 Å². The fraction of sp³-hybridized carbons (Fsp3) is 0.261. The highest BCUT2D eigenvalue weighted by Crippen LogP contribution is 2.28. The second kappa shape index (κ2) is 39.9. The zero-order valence-electron chi connectivity index (χ0n) is 63.7. The molecule has 9 aromatic rings. The van der Waals surface area contributed by atoms with E-state index in [2.05, 4.69) is 103 Å². The Kier molecular flexibility index (Phi) is 30.8. The summed E-state index contributed by atoms with van der Waals surface area (Å²) in [7, 11) is 14.6. The normalized spacial score (nSPS) is 12.8. The van der Waals surface area contributed by atoms with Crippen LogP contribution in [0.1, 0.15) is 102 Å². The molecule has 0 aromatic heterocycles. The van der Waals surface area contributed by atoms with E-state index in [0.717, 1.165) is 84.3 Å². The Morgan fingerprint density at radius 3 is 1.03 bits per heavy atom. The van der Waals surface area contributed by atoms with Gasteiger partial charge in [0.25, 0.3) is 17.7 Å². The van der Waals surface area contributed by atoms with Gasteiger partial charge in [0.1, 0.15) is 6.54 Å². The number of amides is 3. The maximum atomic E-state index is 13.0. The molecule has 0 aliphatic rings. The number of nitrogens with zero attached hydrogens (tertiary/aromatic N) is 3. The van der Waals surface area contributed by atoms with E-state index < -0.39 is 41.8 Å². The molecule has 0 spiro atoms. The van der Waals surface area contributed by atoms with Crippen LogP contribution < -0.4 is 38.9 Å². The minimum Gasteiger partial charge on any atom is -0.469 e. The summed E-state index contributed by atoms with van der Waals surface area (Å²) in [6.07, 6.45) is 1.10. The van der Waals surface area contributed by atoms with Crippen molar-refractivity contribution in [2.45, 2.75) is 77.8 Å². The predicted molar refractivity (Wildman–Crippen MR) is 429 cm³/mol. The first-order chi connectivity index (χ1) is 51.5. The molecule has 9 aromatic carbocycles. The zero-order valence-corrected chi connectivity index (χ0v) is 63.7. The molecule has 564 valence electrons. The second-order valence-electron chi connectivity index (χ2n) is 28.1. The first kappa shape index (κ1) is 83.3. The lowest BCUT2D eigenvalue weighted by molar-refractivity contribution is -0.884. The summed E-state index contributed by atoms with van der Waals surface area (Å²) in [5.41, 5.74) is 40.1. The molecule has 6 unspecified atom stereocenters. The number of quaternary nitrogens is 1. The van der Waals surface area contributed by atoms with Crippen molar-refractivity contribution >= 4 is 52.9 Å².